The Morgan fingerprint density at radius 2 is 1.91 bits per heavy atom. The summed E-state index contributed by atoms with van der Waals surface area (Å²) in [7, 11) is 1.59. The summed E-state index contributed by atoms with van der Waals surface area (Å²) in [6.07, 6.45) is 1.83. The van der Waals surface area contributed by atoms with E-state index in [2.05, 4.69) is 0 Å². The molecule has 3 rings (SSSR count). The molecule has 22 heavy (non-hydrogen) atoms. The number of rotatable bonds is 4. The molecule has 0 aliphatic carbocycles. The van der Waals surface area contributed by atoms with Crippen LogP contribution in [0.3, 0.4) is 0 Å². The van der Waals surface area contributed by atoms with Gasteiger partial charge < -0.3 is 9.30 Å². The lowest BCUT2D eigenvalue weighted by atomic mass is 10.1. The largest absolute Gasteiger partial charge is 0.496 e. The maximum Gasteiger partial charge on any atom is 0.162 e. The van der Waals surface area contributed by atoms with Crippen molar-refractivity contribution in [2.45, 2.75) is 13.5 Å². The van der Waals surface area contributed by atoms with Crippen molar-refractivity contribution in [1.29, 1.82) is 0 Å². The number of aromatic nitrogens is 1. The highest BCUT2D eigenvalue weighted by Gasteiger charge is 2.16. The SMILES string of the molecule is COc1cccc2c1c(C(C)=O)cn2Cc1ccc(F)cc1. The van der Waals surface area contributed by atoms with Gasteiger partial charge in [-0.05, 0) is 36.8 Å². The van der Waals surface area contributed by atoms with Gasteiger partial charge in [-0.2, -0.15) is 0 Å². The molecule has 0 amide bonds. The van der Waals surface area contributed by atoms with Gasteiger partial charge in [-0.25, -0.2) is 4.39 Å². The summed E-state index contributed by atoms with van der Waals surface area (Å²) in [5.74, 6) is 0.417. The summed E-state index contributed by atoms with van der Waals surface area (Å²) in [6.45, 7) is 2.11. The fourth-order valence-corrected chi connectivity index (χ4v) is 2.67. The van der Waals surface area contributed by atoms with E-state index in [1.54, 1.807) is 26.2 Å². The second-order valence-electron chi connectivity index (χ2n) is 5.21. The van der Waals surface area contributed by atoms with Crippen molar-refractivity contribution in [2.75, 3.05) is 7.11 Å². The predicted molar refractivity (Wildman–Crippen MR) is 84.0 cm³/mol. The van der Waals surface area contributed by atoms with Gasteiger partial charge in [0.25, 0.3) is 0 Å². The number of carbonyl (C=O) groups is 1. The predicted octanol–water partition coefficient (Wildman–Crippen LogP) is 4.04. The third kappa shape index (κ3) is 2.48. The monoisotopic (exact) mass is 297 g/mol. The Labute approximate surface area is 127 Å². The number of benzene rings is 2. The van der Waals surface area contributed by atoms with E-state index in [-0.39, 0.29) is 11.6 Å². The third-order valence-corrected chi connectivity index (χ3v) is 3.73. The maximum atomic E-state index is 13.0. The van der Waals surface area contributed by atoms with Crippen molar-refractivity contribution in [3.8, 4) is 5.75 Å². The zero-order valence-electron chi connectivity index (χ0n) is 12.5. The molecule has 0 atom stereocenters. The zero-order chi connectivity index (χ0) is 15.7. The molecule has 0 N–H and O–H groups in total. The molecule has 0 saturated heterocycles. The first-order valence-electron chi connectivity index (χ1n) is 7.01. The molecule has 0 spiro atoms. The van der Waals surface area contributed by atoms with Crippen molar-refractivity contribution < 1.29 is 13.9 Å². The Kier molecular flexibility index (Phi) is 3.67. The van der Waals surface area contributed by atoms with Crippen LogP contribution in [0, 0.1) is 5.82 Å². The number of hydrogen-bond acceptors (Lipinski definition) is 2. The van der Waals surface area contributed by atoms with Crippen molar-refractivity contribution in [2.24, 2.45) is 0 Å². The van der Waals surface area contributed by atoms with E-state index in [0.29, 0.717) is 17.9 Å². The first-order chi connectivity index (χ1) is 10.6. The van der Waals surface area contributed by atoms with E-state index in [4.69, 9.17) is 4.74 Å². The van der Waals surface area contributed by atoms with Gasteiger partial charge in [0.05, 0.1) is 18.0 Å². The summed E-state index contributed by atoms with van der Waals surface area (Å²) in [5.41, 5.74) is 2.53. The van der Waals surface area contributed by atoms with Crippen LogP contribution in [0.4, 0.5) is 4.39 Å². The number of carbonyl (C=O) groups excluding carboxylic acids is 1. The van der Waals surface area contributed by atoms with Gasteiger partial charge in [0.1, 0.15) is 11.6 Å². The molecule has 1 aromatic heterocycles. The highest BCUT2D eigenvalue weighted by atomic mass is 19.1. The van der Waals surface area contributed by atoms with E-state index >= 15 is 0 Å². The molecule has 0 unspecified atom stereocenters. The van der Waals surface area contributed by atoms with E-state index in [9.17, 15) is 9.18 Å². The number of Topliss-reactive ketones (excluding diaryl/α,β-unsaturated/α-hetero) is 1. The number of nitrogens with zero attached hydrogens (tertiary/aromatic N) is 1. The molecule has 3 nitrogen and oxygen atoms in total. The van der Waals surface area contributed by atoms with Gasteiger partial charge in [-0.3, -0.25) is 4.79 Å². The van der Waals surface area contributed by atoms with Crippen LogP contribution in [0.25, 0.3) is 10.9 Å². The highest BCUT2D eigenvalue weighted by molar-refractivity contribution is 6.09. The van der Waals surface area contributed by atoms with Crippen LogP contribution in [-0.4, -0.2) is 17.5 Å². The maximum absolute atomic E-state index is 13.0. The summed E-state index contributed by atoms with van der Waals surface area (Å²) in [5, 5.41) is 0.819. The topological polar surface area (TPSA) is 31.2 Å². The quantitative estimate of drug-likeness (QED) is 0.681. The van der Waals surface area contributed by atoms with Crippen molar-refractivity contribution in [1.82, 2.24) is 4.57 Å². The van der Waals surface area contributed by atoms with E-state index in [1.165, 1.54) is 12.1 Å². The minimum atomic E-state index is -0.257. The first kappa shape index (κ1) is 14.3. The molecule has 0 saturated carbocycles. The molecule has 0 radical (unpaired) electrons. The van der Waals surface area contributed by atoms with Crippen molar-refractivity contribution in [3.63, 3.8) is 0 Å². The molecule has 3 aromatic rings. The summed E-state index contributed by atoms with van der Waals surface area (Å²) in [4.78, 5) is 11.9. The normalized spacial score (nSPS) is 10.9. The average Bonchev–Trinajstić information content (AvgIpc) is 2.89. The third-order valence-electron chi connectivity index (χ3n) is 3.73. The molecule has 4 heteroatoms. The smallest absolute Gasteiger partial charge is 0.162 e. The fourth-order valence-electron chi connectivity index (χ4n) is 2.67. The minimum Gasteiger partial charge on any atom is -0.496 e. The van der Waals surface area contributed by atoms with Gasteiger partial charge in [0.2, 0.25) is 0 Å². The van der Waals surface area contributed by atoms with Crippen molar-refractivity contribution >= 4 is 16.7 Å². The van der Waals surface area contributed by atoms with Crippen LogP contribution in [0.5, 0.6) is 5.75 Å². The lowest BCUT2D eigenvalue weighted by Crippen LogP contribution is -1.98. The Morgan fingerprint density at radius 1 is 1.18 bits per heavy atom. The zero-order valence-corrected chi connectivity index (χ0v) is 12.5. The van der Waals surface area contributed by atoms with Crippen LogP contribution in [0.1, 0.15) is 22.8 Å². The number of ketones is 1. The van der Waals surface area contributed by atoms with Crippen LogP contribution in [0.15, 0.2) is 48.7 Å². The van der Waals surface area contributed by atoms with Gasteiger partial charge in [-0.15, -0.1) is 0 Å². The summed E-state index contributed by atoms with van der Waals surface area (Å²) >= 11 is 0. The Morgan fingerprint density at radius 3 is 2.55 bits per heavy atom. The number of hydrogen-bond donors (Lipinski definition) is 0. The van der Waals surface area contributed by atoms with E-state index in [1.807, 2.05) is 29.0 Å². The lowest BCUT2D eigenvalue weighted by molar-refractivity contribution is 0.101. The van der Waals surface area contributed by atoms with Gasteiger partial charge in [0.15, 0.2) is 5.78 Å². The molecule has 0 aliphatic heterocycles. The Hall–Kier alpha value is -2.62. The lowest BCUT2D eigenvalue weighted by Gasteiger charge is -2.07. The number of ether oxygens (including phenoxy) is 1. The Balaban J connectivity index is 2.14. The standard InChI is InChI=1S/C18H16FNO2/c1-12(21)15-11-20(10-13-6-8-14(19)9-7-13)16-4-3-5-17(22-2)18(15)16/h3-9,11H,10H2,1-2H3. The fraction of sp³-hybridized carbons (Fsp3) is 0.167. The van der Waals surface area contributed by atoms with Crippen LogP contribution in [0.2, 0.25) is 0 Å². The van der Waals surface area contributed by atoms with E-state index < -0.39 is 0 Å². The average molecular weight is 297 g/mol. The summed E-state index contributed by atoms with van der Waals surface area (Å²) < 4.78 is 20.4. The first-order valence-corrected chi connectivity index (χ1v) is 7.01. The molecule has 0 bridgehead atoms. The van der Waals surface area contributed by atoms with Gasteiger partial charge in [0, 0.05) is 18.3 Å². The number of fused-ring (bicyclic) bond motifs is 1. The Bertz CT molecular complexity index is 834. The molecular formula is C18H16FNO2. The molecule has 0 fully saturated rings. The summed E-state index contributed by atoms with van der Waals surface area (Å²) in [6, 6.07) is 12.1. The molecule has 0 aliphatic rings. The second kappa shape index (κ2) is 5.64. The molecular weight excluding hydrogens is 281 g/mol. The van der Waals surface area contributed by atoms with E-state index in [0.717, 1.165) is 16.5 Å². The van der Waals surface area contributed by atoms with Crippen LogP contribution < -0.4 is 4.74 Å². The number of halogens is 1. The van der Waals surface area contributed by atoms with Crippen LogP contribution in [-0.2, 0) is 6.54 Å². The van der Waals surface area contributed by atoms with Crippen molar-refractivity contribution in [3.05, 3.63) is 65.6 Å². The molecule has 2 aromatic carbocycles. The van der Waals surface area contributed by atoms with Gasteiger partial charge >= 0.3 is 0 Å². The minimum absolute atomic E-state index is 0.00708. The number of methoxy groups -OCH3 is 1. The molecule has 112 valence electrons. The van der Waals surface area contributed by atoms with Crippen LogP contribution >= 0.6 is 0 Å². The van der Waals surface area contributed by atoms with Gasteiger partial charge in [-0.1, -0.05) is 18.2 Å². The highest BCUT2D eigenvalue weighted by Crippen LogP contribution is 2.31. The second-order valence-corrected chi connectivity index (χ2v) is 5.21. The molecule has 1 heterocycles.